The van der Waals surface area contributed by atoms with E-state index in [1.165, 1.54) is 36.4 Å². The van der Waals surface area contributed by atoms with Crippen molar-refractivity contribution in [3.63, 3.8) is 0 Å². The quantitative estimate of drug-likeness (QED) is 0.121. The Labute approximate surface area is 227 Å². The van der Waals surface area contributed by atoms with Gasteiger partial charge in [-0.2, -0.15) is 18.4 Å². The molecule has 15 heteroatoms. The lowest BCUT2D eigenvalue weighted by Gasteiger charge is -2.13. The number of nitriles is 1. The molecule has 0 aliphatic rings. The summed E-state index contributed by atoms with van der Waals surface area (Å²) in [6, 6.07) is 11.4. The van der Waals surface area contributed by atoms with E-state index < -0.39 is 38.9 Å². The number of nitrogens with zero attached hydrogens (tertiary/aromatic N) is 3. The Morgan fingerprint density at radius 3 is 2.24 bits per heavy atom. The maximum absolute atomic E-state index is 13.0. The third-order valence-corrected chi connectivity index (χ3v) is 5.88. The summed E-state index contributed by atoms with van der Waals surface area (Å²) in [7, 11) is 0. The molecule has 0 bridgehead atoms. The molecule has 0 heterocycles. The molecule has 38 heavy (non-hydrogen) atoms. The van der Waals surface area contributed by atoms with E-state index in [0.29, 0.717) is 17.7 Å². The molecule has 1 amide bonds. The van der Waals surface area contributed by atoms with Crippen LogP contribution in [0.3, 0.4) is 0 Å². The molecule has 0 unspecified atom stereocenters. The molecule has 1 N–H and O–H groups in total. The van der Waals surface area contributed by atoms with Crippen molar-refractivity contribution < 1.29 is 32.5 Å². The van der Waals surface area contributed by atoms with Gasteiger partial charge in [-0.05, 0) is 73.8 Å². The van der Waals surface area contributed by atoms with Gasteiger partial charge >= 0.3 is 11.9 Å². The fraction of sp³-hybridized carbons (Fsp3) is 0.0435. The molecule has 3 aromatic carbocycles. The van der Waals surface area contributed by atoms with Crippen molar-refractivity contribution in [2.45, 2.75) is 6.18 Å². The summed E-state index contributed by atoms with van der Waals surface area (Å²) in [5.74, 6) is -1.33. The summed E-state index contributed by atoms with van der Waals surface area (Å²) in [5.41, 5.74) is -2.36. The monoisotopic (exact) mass is 654 g/mol. The zero-order valence-electron chi connectivity index (χ0n) is 18.5. The van der Waals surface area contributed by atoms with Crippen molar-refractivity contribution in [1.29, 1.82) is 5.26 Å². The van der Waals surface area contributed by atoms with Gasteiger partial charge in [-0.25, -0.2) is 0 Å². The second-order valence-corrected chi connectivity index (χ2v) is 8.99. The summed E-state index contributed by atoms with van der Waals surface area (Å²) in [5, 5.41) is 34.1. The summed E-state index contributed by atoms with van der Waals surface area (Å²) < 4.78 is 44.8. The van der Waals surface area contributed by atoms with Crippen molar-refractivity contribution in [2.24, 2.45) is 0 Å². The Hall–Kier alpha value is -4.29. The summed E-state index contributed by atoms with van der Waals surface area (Å²) in [4.78, 5) is 33.1. The lowest BCUT2D eigenvalue weighted by molar-refractivity contribution is -0.385. The molecule has 0 spiro atoms. The largest absolute Gasteiger partial charge is 0.448 e. The number of nitrogens with one attached hydrogen (secondary N) is 1. The summed E-state index contributed by atoms with van der Waals surface area (Å²) in [6.07, 6.45) is -3.59. The minimum atomic E-state index is -4.79. The Bertz CT molecular complexity index is 1510. The first-order valence-electron chi connectivity index (χ1n) is 10.00. The molecular formula is C23H11Br2F3N4O6. The minimum Gasteiger partial charge on any atom is -0.448 e. The Morgan fingerprint density at radius 1 is 1.03 bits per heavy atom. The number of non-ortho nitro benzene ring substituents is 1. The van der Waals surface area contributed by atoms with Crippen LogP contribution >= 0.6 is 31.9 Å². The number of carbonyl (C=O) groups excluding carboxylic acids is 1. The van der Waals surface area contributed by atoms with Gasteiger partial charge in [0.2, 0.25) is 5.75 Å². The zero-order valence-corrected chi connectivity index (χ0v) is 21.6. The van der Waals surface area contributed by atoms with Crippen LogP contribution in [0.4, 0.5) is 30.2 Å². The van der Waals surface area contributed by atoms with Gasteiger partial charge in [-0.1, -0.05) is 6.07 Å². The molecule has 0 saturated carbocycles. The smallest absolute Gasteiger partial charge is 0.416 e. The second kappa shape index (κ2) is 11.4. The van der Waals surface area contributed by atoms with Crippen molar-refractivity contribution >= 4 is 60.9 Å². The van der Waals surface area contributed by atoms with Crippen molar-refractivity contribution in [3.8, 4) is 17.6 Å². The van der Waals surface area contributed by atoms with Crippen molar-refractivity contribution in [3.05, 3.63) is 100 Å². The maximum Gasteiger partial charge on any atom is 0.416 e. The van der Waals surface area contributed by atoms with Crippen LogP contribution < -0.4 is 10.1 Å². The first-order chi connectivity index (χ1) is 17.8. The molecule has 0 aliphatic carbocycles. The van der Waals surface area contributed by atoms with Crippen LogP contribution in [0.1, 0.15) is 11.1 Å². The van der Waals surface area contributed by atoms with Gasteiger partial charge in [0, 0.05) is 23.9 Å². The first-order valence-corrected chi connectivity index (χ1v) is 11.6. The number of hydrogen-bond donors (Lipinski definition) is 1. The lowest BCUT2D eigenvalue weighted by Crippen LogP contribution is -2.13. The van der Waals surface area contributed by atoms with Gasteiger partial charge in [0.05, 0.1) is 24.4 Å². The first kappa shape index (κ1) is 28.3. The van der Waals surface area contributed by atoms with Crippen LogP contribution in [0.2, 0.25) is 0 Å². The van der Waals surface area contributed by atoms with Gasteiger partial charge in [0.25, 0.3) is 11.6 Å². The van der Waals surface area contributed by atoms with E-state index in [-0.39, 0.29) is 31.6 Å². The molecule has 194 valence electrons. The molecule has 3 rings (SSSR count). The minimum absolute atomic E-state index is 0.0236. The normalized spacial score (nSPS) is 11.4. The van der Waals surface area contributed by atoms with E-state index in [1.807, 2.05) is 0 Å². The number of halogens is 5. The van der Waals surface area contributed by atoms with Crippen LogP contribution in [0, 0.1) is 31.6 Å². The van der Waals surface area contributed by atoms with E-state index in [9.17, 15) is 43.5 Å². The standard InChI is InChI=1S/C23H11Br2F3N4O6/c24-17-7-12(6-13(11-29)22(33)30-15-2-1-3-16(10-15)31(34)35)8-18(25)21(17)38-20-5-4-14(23(26,27)28)9-19(20)32(36)37/h1-10H,(H,30,33)/b13-6+. The molecule has 0 atom stereocenters. The number of carbonyl (C=O) groups is 1. The highest BCUT2D eigenvalue weighted by atomic mass is 79.9. The molecule has 0 radical (unpaired) electrons. The number of ether oxygens (including phenoxy) is 1. The Morgan fingerprint density at radius 2 is 1.68 bits per heavy atom. The molecule has 0 aliphatic heterocycles. The van der Waals surface area contributed by atoms with Crippen LogP contribution in [-0.4, -0.2) is 15.8 Å². The average Bonchev–Trinajstić information content (AvgIpc) is 2.84. The van der Waals surface area contributed by atoms with Gasteiger partial charge in [-0.15, -0.1) is 0 Å². The van der Waals surface area contributed by atoms with E-state index in [2.05, 4.69) is 37.2 Å². The number of hydrogen-bond acceptors (Lipinski definition) is 7. The topological polar surface area (TPSA) is 148 Å². The summed E-state index contributed by atoms with van der Waals surface area (Å²) >= 11 is 6.41. The number of benzene rings is 3. The molecule has 0 fully saturated rings. The predicted octanol–water partition coefficient (Wildman–Crippen LogP) is 7.38. The van der Waals surface area contributed by atoms with Gasteiger partial charge in [0.1, 0.15) is 11.6 Å². The number of alkyl halides is 3. The van der Waals surface area contributed by atoms with Crippen LogP contribution in [0.25, 0.3) is 6.08 Å². The third kappa shape index (κ3) is 6.72. The number of rotatable bonds is 7. The van der Waals surface area contributed by atoms with Crippen LogP contribution in [0.5, 0.6) is 11.5 Å². The van der Waals surface area contributed by atoms with Crippen LogP contribution in [0.15, 0.2) is 69.1 Å². The number of nitro benzene ring substituents is 2. The highest BCUT2D eigenvalue weighted by Crippen LogP contribution is 2.42. The molecule has 0 aromatic heterocycles. The highest BCUT2D eigenvalue weighted by molar-refractivity contribution is 9.11. The van der Waals surface area contributed by atoms with Gasteiger partial charge < -0.3 is 10.1 Å². The maximum atomic E-state index is 13.0. The van der Waals surface area contributed by atoms with Crippen LogP contribution in [-0.2, 0) is 11.0 Å². The highest BCUT2D eigenvalue weighted by Gasteiger charge is 2.33. The van der Waals surface area contributed by atoms with E-state index in [0.717, 1.165) is 12.1 Å². The Balaban J connectivity index is 1.90. The van der Waals surface area contributed by atoms with Gasteiger partial charge in [-0.3, -0.25) is 25.0 Å². The van der Waals surface area contributed by atoms with Gasteiger partial charge in [0.15, 0.2) is 5.75 Å². The fourth-order valence-corrected chi connectivity index (χ4v) is 4.39. The zero-order chi connectivity index (χ0) is 28.2. The molecular weight excluding hydrogens is 645 g/mol. The number of nitro groups is 2. The SMILES string of the molecule is N#C/C(=C\c1cc(Br)c(Oc2ccc(C(F)(F)F)cc2[N+](=O)[O-])c(Br)c1)C(=O)Nc1cccc([N+](=O)[O-])c1. The number of anilines is 1. The fourth-order valence-electron chi connectivity index (χ4n) is 3.00. The lowest BCUT2D eigenvalue weighted by atomic mass is 10.1. The van der Waals surface area contributed by atoms with E-state index in [4.69, 9.17) is 4.74 Å². The predicted molar refractivity (Wildman–Crippen MR) is 135 cm³/mol. The molecule has 0 saturated heterocycles. The summed E-state index contributed by atoms with van der Waals surface area (Å²) in [6.45, 7) is 0. The third-order valence-electron chi connectivity index (χ3n) is 4.71. The second-order valence-electron chi connectivity index (χ2n) is 7.28. The van der Waals surface area contributed by atoms with E-state index in [1.54, 1.807) is 6.07 Å². The molecule has 3 aromatic rings. The van der Waals surface area contributed by atoms with E-state index >= 15 is 0 Å². The average molecular weight is 656 g/mol. The molecule has 10 nitrogen and oxygen atoms in total. The Kier molecular flexibility index (Phi) is 8.49. The van der Waals surface area contributed by atoms with Crippen molar-refractivity contribution in [1.82, 2.24) is 0 Å². The number of amides is 1. The van der Waals surface area contributed by atoms with Crippen molar-refractivity contribution in [2.75, 3.05) is 5.32 Å².